The third-order valence-corrected chi connectivity index (χ3v) is 4.08. The van der Waals surface area contributed by atoms with Crippen LogP contribution < -0.4 is 5.73 Å². The molecule has 1 aliphatic carbocycles. The monoisotopic (exact) mass is 314 g/mol. The van der Waals surface area contributed by atoms with E-state index in [1.807, 2.05) is 0 Å². The fraction of sp³-hybridized carbons (Fsp3) is 0.562. The molecule has 2 rings (SSSR count). The van der Waals surface area contributed by atoms with Crippen molar-refractivity contribution in [2.75, 3.05) is 6.54 Å². The third kappa shape index (κ3) is 3.61. The predicted octanol–water partition coefficient (Wildman–Crippen LogP) is 3.35. The molecule has 0 radical (unpaired) electrons. The van der Waals surface area contributed by atoms with Gasteiger partial charge >= 0.3 is 6.18 Å². The highest BCUT2D eigenvalue weighted by Crippen LogP contribution is 2.37. The van der Waals surface area contributed by atoms with E-state index < -0.39 is 17.8 Å². The molecule has 1 fully saturated rings. The predicted molar refractivity (Wildman–Crippen MR) is 77.9 cm³/mol. The van der Waals surface area contributed by atoms with E-state index in [1.165, 1.54) is 6.07 Å². The summed E-state index contributed by atoms with van der Waals surface area (Å²) >= 11 is 0. The van der Waals surface area contributed by atoms with Crippen LogP contribution in [0.4, 0.5) is 13.2 Å². The van der Waals surface area contributed by atoms with Gasteiger partial charge in [-0.2, -0.15) is 13.2 Å². The molecule has 2 N–H and O–H groups in total. The quantitative estimate of drug-likeness (QED) is 0.906. The van der Waals surface area contributed by atoms with Gasteiger partial charge in [0.2, 0.25) is 5.91 Å². The van der Waals surface area contributed by atoms with Crippen LogP contribution in [0.2, 0.25) is 0 Å². The van der Waals surface area contributed by atoms with Gasteiger partial charge in [0.1, 0.15) is 0 Å². The Morgan fingerprint density at radius 3 is 2.50 bits per heavy atom. The molecule has 1 aromatic rings. The smallest absolute Gasteiger partial charge is 0.333 e. The Balaban J connectivity index is 2.28. The van der Waals surface area contributed by atoms with Gasteiger partial charge in [-0.25, -0.2) is 0 Å². The molecular weight excluding hydrogens is 293 g/mol. The van der Waals surface area contributed by atoms with Crippen LogP contribution in [0.25, 0.3) is 0 Å². The number of hydrogen-bond donors (Lipinski definition) is 1. The fourth-order valence-electron chi connectivity index (χ4n) is 2.53. The maximum atomic E-state index is 12.8. The summed E-state index contributed by atoms with van der Waals surface area (Å²) in [5.41, 5.74) is 5.37. The van der Waals surface area contributed by atoms with Crippen molar-refractivity contribution < 1.29 is 18.0 Å². The molecule has 1 amide bonds. The van der Waals surface area contributed by atoms with Crippen LogP contribution in [0.1, 0.15) is 43.9 Å². The molecule has 22 heavy (non-hydrogen) atoms. The average Bonchev–Trinajstić information content (AvgIpc) is 3.30. The molecule has 1 aliphatic rings. The Morgan fingerprint density at radius 1 is 1.36 bits per heavy atom. The number of amides is 1. The molecule has 0 aromatic heterocycles. The number of nitrogens with two attached hydrogens (primary N) is 1. The second kappa shape index (κ2) is 6.28. The highest BCUT2D eigenvalue weighted by molar-refractivity contribution is 5.80. The molecule has 2 unspecified atom stereocenters. The van der Waals surface area contributed by atoms with Gasteiger partial charge in [-0.1, -0.05) is 19.1 Å². The van der Waals surface area contributed by atoms with Crippen LogP contribution in [0.5, 0.6) is 0 Å². The first-order valence-corrected chi connectivity index (χ1v) is 7.45. The Hall–Kier alpha value is -1.56. The van der Waals surface area contributed by atoms with Gasteiger partial charge in [-0.05, 0) is 37.5 Å². The first-order valence-electron chi connectivity index (χ1n) is 7.45. The van der Waals surface area contributed by atoms with Crippen molar-refractivity contribution in [2.45, 2.75) is 44.9 Å². The molecule has 3 nitrogen and oxygen atoms in total. The van der Waals surface area contributed by atoms with E-state index in [2.05, 4.69) is 0 Å². The number of rotatable bonds is 5. The fourth-order valence-corrected chi connectivity index (χ4v) is 2.53. The van der Waals surface area contributed by atoms with Crippen LogP contribution in [0, 0.1) is 5.92 Å². The number of alkyl halides is 3. The summed E-state index contributed by atoms with van der Waals surface area (Å²) in [7, 11) is 0. The van der Waals surface area contributed by atoms with E-state index in [0.29, 0.717) is 5.56 Å². The largest absolute Gasteiger partial charge is 0.416 e. The number of nitrogens with zero attached hydrogens (tertiary/aromatic N) is 1. The summed E-state index contributed by atoms with van der Waals surface area (Å²) in [5, 5.41) is 0. The summed E-state index contributed by atoms with van der Waals surface area (Å²) in [6, 6.07) is 4.91. The highest BCUT2D eigenvalue weighted by atomic mass is 19.4. The number of carbonyl (C=O) groups excluding carboxylic acids is 1. The third-order valence-electron chi connectivity index (χ3n) is 4.08. The Morgan fingerprint density at radius 2 is 2.00 bits per heavy atom. The molecule has 6 heteroatoms. The molecule has 1 aromatic carbocycles. The van der Waals surface area contributed by atoms with Crippen molar-refractivity contribution in [3.8, 4) is 0 Å². The van der Waals surface area contributed by atoms with Crippen molar-refractivity contribution in [3.63, 3.8) is 0 Å². The van der Waals surface area contributed by atoms with Crippen LogP contribution in [0.3, 0.4) is 0 Å². The first-order chi connectivity index (χ1) is 10.3. The van der Waals surface area contributed by atoms with Crippen molar-refractivity contribution in [1.82, 2.24) is 4.90 Å². The average molecular weight is 314 g/mol. The number of carbonyl (C=O) groups is 1. The lowest BCUT2D eigenvalue weighted by atomic mass is 10.0. The van der Waals surface area contributed by atoms with E-state index in [0.717, 1.165) is 25.0 Å². The van der Waals surface area contributed by atoms with Gasteiger partial charge in [-0.3, -0.25) is 4.79 Å². The van der Waals surface area contributed by atoms with Crippen LogP contribution in [-0.2, 0) is 11.0 Å². The van der Waals surface area contributed by atoms with Crippen molar-refractivity contribution >= 4 is 5.91 Å². The van der Waals surface area contributed by atoms with Gasteiger partial charge in [0, 0.05) is 18.5 Å². The number of benzene rings is 1. The molecule has 0 aliphatic heterocycles. The van der Waals surface area contributed by atoms with Gasteiger partial charge in [0.25, 0.3) is 0 Å². The van der Waals surface area contributed by atoms with Crippen LogP contribution in [-0.4, -0.2) is 23.4 Å². The van der Waals surface area contributed by atoms with Crippen LogP contribution in [0.15, 0.2) is 24.3 Å². The Labute approximate surface area is 128 Å². The lowest BCUT2D eigenvalue weighted by Gasteiger charge is -2.32. The lowest BCUT2D eigenvalue weighted by Crippen LogP contribution is -2.41. The van der Waals surface area contributed by atoms with E-state index in [9.17, 15) is 18.0 Å². The van der Waals surface area contributed by atoms with Gasteiger partial charge < -0.3 is 10.6 Å². The minimum atomic E-state index is -4.38. The van der Waals surface area contributed by atoms with E-state index >= 15 is 0 Å². The van der Waals surface area contributed by atoms with Crippen molar-refractivity contribution in [2.24, 2.45) is 11.7 Å². The zero-order valence-corrected chi connectivity index (χ0v) is 12.7. The summed E-state index contributed by atoms with van der Waals surface area (Å²) in [5.74, 6) is -0.413. The molecule has 0 bridgehead atoms. The minimum Gasteiger partial charge on any atom is -0.333 e. The summed E-state index contributed by atoms with van der Waals surface area (Å²) < 4.78 is 38.5. The van der Waals surface area contributed by atoms with E-state index in [-0.39, 0.29) is 24.4 Å². The lowest BCUT2D eigenvalue weighted by molar-refractivity contribution is -0.137. The highest BCUT2D eigenvalue weighted by Gasteiger charge is 2.38. The topological polar surface area (TPSA) is 46.3 Å². The summed E-state index contributed by atoms with van der Waals surface area (Å²) in [4.78, 5) is 14.2. The first kappa shape index (κ1) is 16.8. The molecular formula is C16H21F3N2O. The van der Waals surface area contributed by atoms with E-state index in [1.54, 1.807) is 24.8 Å². The van der Waals surface area contributed by atoms with E-state index in [4.69, 9.17) is 5.73 Å². The van der Waals surface area contributed by atoms with Crippen molar-refractivity contribution in [3.05, 3.63) is 35.4 Å². The maximum Gasteiger partial charge on any atom is 0.416 e. The number of hydrogen-bond acceptors (Lipinski definition) is 2. The maximum absolute atomic E-state index is 12.8. The molecule has 0 spiro atoms. The standard InChI is InChI=1S/C16H21F3N2O/c1-10(9-20)15(22)21(14-6-7-14)11(2)12-4-3-5-13(8-12)16(17,18)19/h3-5,8,10-11,14H,6-7,9,20H2,1-2H3. The van der Waals surface area contributed by atoms with Crippen molar-refractivity contribution in [1.29, 1.82) is 0 Å². The van der Waals surface area contributed by atoms with Gasteiger partial charge in [0.15, 0.2) is 0 Å². The van der Waals surface area contributed by atoms with Gasteiger partial charge in [0.05, 0.1) is 11.6 Å². The Kier molecular flexibility index (Phi) is 4.80. The zero-order chi connectivity index (χ0) is 16.5. The number of halogens is 3. The second-order valence-corrected chi connectivity index (χ2v) is 5.91. The molecule has 1 saturated carbocycles. The molecule has 0 heterocycles. The molecule has 122 valence electrons. The molecule has 0 saturated heterocycles. The molecule has 2 atom stereocenters. The summed E-state index contributed by atoms with van der Waals surface area (Å²) in [6.45, 7) is 3.75. The van der Waals surface area contributed by atoms with Crippen LogP contribution >= 0.6 is 0 Å². The Bertz CT molecular complexity index is 540. The van der Waals surface area contributed by atoms with Gasteiger partial charge in [-0.15, -0.1) is 0 Å². The minimum absolute atomic E-state index is 0.0880. The summed E-state index contributed by atoms with van der Waals surface area (Å²) in [6.07, 6.45) is -2.59. The zero-order valence-electron chi connectivity index (χ0n) is 12.7. The normalized spacial score (nSPS) is 17.9. The second-order valence-electron chi connectivity index (χ2n) is 5.91. The SMILES string of the molecule is CC(CN)C(=O)N(C1CC1)C(C)c1cccc(C(F)(F)F)c1.